The minimum atomic E-state index is -0.570. The average Bonchev–Trinajstić information content (AvgIpc) is 2.49. The van der Waals surface area contributed by atoms with Crippen molar-refractivity contribution < 1.29 is 14.0 Å². The van der Waals surface area contributed by atoms with Crippen molar-refractivity contribution >= 4 is 23.2 Å². The van der Waals surface area contributed by atoms with Crippen molar-refractivity contribution in [2.45, 2.75) is 12.8 Å². The van der Waals surface area contributed by atoms with Crippen LogP contribution in [0.25, 0.3) is 5.57 Å². The van der Waals surface area contributed by atoms with Crippen molar-refractivity contribution in [3.63, 3.8) is 0 Å². The van der Waals surface area contributed by atoms with Crippen LogP contribution in [0.1, 0.15) is 18.4 Å². The number of nitrogens with one attached hydrogen (secondary N) is 2. The van der Waals surface area contributed by atoms with E-state index in [2.05, 4.69) is 10.6 Å². The first-order chi connectivity index (χ1) is 10.1. The lowest BCUT2D eigenvalue weighted by Crippen LogP contribution is -2.49. The summed E-state index contributed by atoms with van der Waals surface area (Å²) >= 11 is 0. The maximum Gasteiger partial charge on any atom is 0.328 e. The van der Waals surface area contributed by atoms with E-state index in [1.165, 1.54) is 11.0 Å². The van der Waals surface area contributed by atoms with Gasteiger partial charge in [0.05, 0.1) is 5.69 Å². The molecule has 1 fully saturated rings. The van der Waals surface area contributed by atoms with Gasteiger partial charge in [-0.05, 0) is 36.2 Å². The number of hydrogen-bond acceptors (Lipinski definition) is 3. The zero-order valence-corrected chi connectivity index (χ0v) is 11.5. The van der Waals surface area contributed by atoms with Gasteiger partial charge in [-0.2, -0.15) is 0 Å². The van der Waals surface area contributed by atoms with E-state index in [-0.39, 0.29) is 24.6 Å². The fourth-order valence-corrected chi connectivity index (χ4v) is 2.60. The van der Waals surface area contributed by atoms with Crippen molar-refractivity contribution in [1.82, 2.24) is 10.6 Å². The molecule has 2 heterocycles. The van der Waals surface area contributed by atoms with Crippen molar-refractivity contribution in [3.8, 4) is 0 Å². The molecule has 2 N–H and O–H groups in total. The third-order valence-corrected chi connectivity index (χ3v) is 3.73. The Labute approximate surface area is 121 Å². The minimum absolute atomic E-state index is 0.184. The Hall–Kier alpha value is -2.21. The number of rotatable bonds is 2. The lowest BCUT2D eigenvalue weighted by atomic mass is 9.99. The Morgan fingerprint density at radius 1 is 1.19 bits per heavy atom. The number of anilines is 1. The summed E-state index contributed by atoms with van der Waals surface area (Å²) in [5.74, 6) is -0.774. The molecule has 1 aromatic rings. The first-order valence-corrected chi connectivity index (χ1v) is 6.96. The van der Waals surface area contributed by atoms with Gasteiger partial charge in [-0.3, -0.25) is 15.0 Å². The molecular formula is C15H16FN3O2. The highest BCUT2D eigenvalue weighted by Gasteiger charge is 2.26. The van der Waals surface area contributed by atoms with E-state index >= 15 is 0 Å². The largest absolute Gasteiger partial charge is 0.328 e. The first-order valence-electron chi connectivity index (χ1n) is 6.96. The van der Waals surface area contributed by atoms with Gasteiger partial charge in [0.2, 0.25) is 5.91 Å². The maximum absolute atomic E-state index is 14.3. The molecule has 0 saturated carbocycles. The Morgan fingerprint density at radius 2 is 2.05 bits per heavy atom. The molecule has 3 rings (SSSR count). The van der Waals surface area contributed by atoms with E-state index in [9.17, 15) is 14.0 Å². The smallest absolute Gasteiger partial charge is 0.313 e. The number of halogens is 1. The van der Waals surface area contributed by atoms with Crippen LogP contribution in [-0.4, -0.2) is 31.6 Å². The van der Waals surface area contributed by atoms with Crippen LogP contribution in [-0.2, 0) is 4.79 Å². The summed E-state index contributed by atoms with van der Waals surface area (Å²) in [6.45, 7) is 1.87. The number of urea groups is 1. The second-order valence-corrected chi connectivity index (χ2v) is 5.10. The molecule has 0 atom stereocenters. The molecule has 1 aromatic carbocycles. The summed E-state index contributed by atoms with van der Waals surface area (Å²) in [5.41, 5.74) is 2.15. The Bertz CT molecular complexity index is 627. The molecule has 2 aliphatic heterocycles. The van der Waals surface area contributed by atoms with Gasteiger partial charge >= 0.3 is 6.03 Å². The summed E-state index contributed by atoms with van der Waals surface area (Å²) in [4.78, 5) is 24.1. The van der Waals surface area contributed by atoms with Crippen molar-refractivity contribution in [1.29, 1.82) is 0 Å². The highest BCUT2D eigenvalue weighted by molar-refractivity contribution is 6.05. The Balaban J connectivity index is 1.86. The van der Waals surface area contributed by atoms with Gasteiger partial charge in [0.1, 0.15) is 5.82 Å². The van der Waals surface area contributed by atoms with Gasteiger partial charge in [-0.25, -0.2) is 9.18 Å². The molecule has 2 aliphatic rings. The number of amides is 3. The molecule has 21 heavy (non-hydrogen) atoms. The number of carbonyl (C=O) groups is 2. The van der Waals surface area contributed by atoms with Gasteiger partial charge in [-0.1, -0.05) is 12.1 Å². The van der Waals surface area contributed by atoms with Gasteiger partial charge in [-0.15, -0.1) is 0 Å². The van der Waals surface area contributed by atoms with Crippen LogP contribution in [0.15, 0.2) is 24.3 Å². The van der Waals surface area contributed by atoms with E-state index in [1.54, 1.807) is 6.07 Å². The number of hydrogen-bond donors (Lipinski definition) is 2. The van der Waals surface area contributed by atoms with E-state index in [1.807, 2.05) is 12.1 Å². The zero-order valence-electron chi connectivity index (χ0n) is 11.5. The molecule has 0 radical (unpaired) electrons. The predicted molar refractivity (Wildman–Crippen MR) is 77.4 cm³/mol. The van der Waals surface area contributed by atoms with E-state index in [0.717, 1.165) is 30.6 Å². The molecular weight excluding hydrogens is 273 g/mol. The highest BCUT2D eigenvalue weighted by Crippen LogP contribution is 2.27. The molecule has 0 bridgehead atoms. The van der Waals surface area contributed by atoms with Crippen LogP contribution < -0.4 is 15.5 Å². The quantitative estimate of drug-likeness (QED) is 0.870. The molecule has 5 nitrogen and oxygen atoms in total. The second kappa shape index (κ2) is 5.65. The average molecular weight is 289 g/mol. The molecule has 0 unspecified atom stereocenters. The highest BCUT2D eigenvalue weighted by atomic mass is 19.1. The zero-order chi connectivity index (χ0) is 14.8. The van der Waals surface area contributed by atoms with Crippen molar-refractivity contribution in [3.05, 3.63) is 35.7 Å². The van der Waals surface area contributed by atoms with E-state index in [0.29, 0.717) is 0 Å². The van der Waals surface area contributed by atoms with Crippen molar-refractivity contribution in [2.75, 3.05) is 24.5 Å². The lowest BCUT2D eigenvalue weighted by molar-refractivity contribution is -0.120. The summed E-state index contributed by atoms with van der Waals surface area (Å²) in [6, 6.07) is 4.30. The van der Waals surface area contributed by atoms with Crippen LogP contribution >= 0.6 is 0 Å². The van der Waals surface area contributed by atoms with Gasteiger partial charge in [0, 0.05) is 19.5 Å². The molecule has 110 valence electrons. The van der Waals surface area contributed by atoms with Crippen LogP contribution in [0, 0.1) is 5.82 Å². The predicted octanol–water partition coefficient (Wildman–Crippen LogP) is 1.65. The lowest BCUT2D eigenvalue weighted by Gasteiger charge is -2.27. The minimum Gasteiger partial charge on any atom is -0.313 e. The van der Waals surface area contributed by atoms with Crippen LogP contribution in [0.2, 0.25) is 0 Å². The first kappa shape index (κ1) is 13.8. The van der Waals surface area contributed by atoms with Gasteiger partial charge in [0.25, 0.3) is 0 Å². The molecule has 0 spiro atoms. The van der Waals surface area contributed by atoms with Crippen LogP contribution in [0.4, 0.5) is 14.9 Å². The third-order valence-electron chi connectivity index (χ3n) is 3.73. The van der Waals surface area contributed by atoms with E-state index < -0.39 is 11.8 Å². The summed E-state index contributed by atoms with van der Waals surface area (Å²) in [5, 5.41) is 5.40. The SMILES string of the molecule is O=C1CCN(c2ccc(C3=CCNCC3)cc2F)C(=O)N1. The number of benzene rings is 1. The molecule has 6 heteroatoms. The second-order valence-electron chi connectivity index (χ2n) is 5.10. The molecule has 0 aromatic heterocycles. The van der Waals surface area contributed by atoms with E-state index in [4.69, 9.17) is 0 Å². The number of imide groups is 1. The normalized spacial score (nSPS) is 19.3. The van der Waals surface area contributed by atoms with Gasteiger partial charge < -0.3 is 5.32 Å². The van der Waals surface area contributed by atoms with Crippen LogP contribution in [0.5, 0.6) is 0 Å². The molecule has 0 aliphatic carbocycles. The maximum atomic E-state index is 14.3. The fourth-order valence-electron chi connectivity index (χ4n) is 2.60. The summed E-state index contributed by atoms with van der Waals surface area (Å²) in [7, 11) is 0. The number of carbonyl (C=O) groups excluding carboxylic acids is 2. The molecule has 1 saturated heterocycles. The third kappa shape index (κ3) is 2.80. The Kier molecular flexibility index (Phi) is 3.70. The summed E-state index contributed by atoms with van der Waals surface area (Å²) < 4.78 is 14.3. The monoisotopic (exact) mass is 289 g/mol. The molecule has 3 amide bonds. The van der Waals surface area contributed by atoms with Crippen LogP contribution in [0.3, 0.4) is 0 Å². The van der Waals surface area contributed by atoms with Gasteiger partial charge in [0.15, 0.2) is 0 Å². The standard InChI is InChI=1S/C15H16FN3O2/c16-12-9-11(10-3-6-17-7-4-10)1-2-13(12)19-8-5-14(20)18-15(19)21/h1-3,9,17H,4-8H2,(H,18,20,21). The van der Waals surface area contributed by atoms with Crippen molar-refractivity contribution in [2.24, 2.45) is 0 Å². The topological polar surface area (TPSA) is 61.4 Å². The summed E-state index contributed by atoms with van der Waals surface area (Å²) in [6.07, 6.45) is 3.09. The number of nitrogens with zero attached hydrogens (tertiary/aromatic N) is 1. The Morgan fingerprint density at radius 3 is 2.71 bits per heavy atom. The fraction of sp³-hybridized carbons (Fsp3) is 0.333.